The van der Waals surface area contributed by atoms with Crippen molar-refractivity contribution >= 4 is 0 Å². The van der Waals surface area contributed by atoms with E-state index in [1.165, 1.54) is 0 Å². The Labute approximate surface area is 99.2 Å². The van der Waals surface area contributed by atoms with E-state index in [0.717, 1.165) is 17.5 Å². The molecule has 0 radical (unpaired) electrons. The summed E-state index contributed by atoms with van der Waals surface area (Å²) in [7, 11) is 0. The molecule has 1 aliphatic rings. The maximum Gasteiger partial charge on any atom is 0.159 e. The Hall–Kier alpha value is -1.94. The third kappa shape index (κ3) is 1.99. The van der Waals surface area contributed by atoms with Crippen LogP contribution in [0.5, 0.6) is 5.75 Å². The van der Waals surface area contributed by atoms with Gasteiger partial charge in [0.05, 0.1) is 0 Å². The van der Waals surface area contributed by atoms with Gasteiger partial charge in [0.1, 0.15) is 5.75 Å². The molecule has 4 nitrogen and oxygen atoms in total. The minimum Gasteiger partial charge on any atom is -0.508 e. The molecule has 0 saturated heterocycles. The van der Waals surface area contributed by atoms with Crippen LogP contribution in [-0.4, -0.2) is 21.1 Å². The van der Waals surface area contributed by atoms with E-state index in [4.69, 9.17) is 5.73 Å². The van der Waals surface area contributed by atoms with E-state index in [1.54, 1.807) is 24.3 Å². The maximum absolute atomic E-state index is 9.20. The number of rotatable bonds is 2. The standard InChI is InChI=1S/C13H13N3O/c14-12-5-11(12)9-6-15-13(16-7-9)8-1-3-10(17)4-2-8/h1-4,6-7,11-12,17H,5,14H2/t11-,12+/m1/s1. The molecule has 86 valence electrons. The highest BCUT2D eigenvalue weighted by Crippen LogP contribution is 2.38. The Kier molecular flexibility index (Phi) is 2.30. The zero-order valence-corrected chi connectivity index (χ0v) is 9.24. The lowest BCUT2D eigenvalue weighted by atomic mass is 10.2. The summed E-state index contributed by atoms with van der Waals surface area (Å²) in [5.41, 5.74) is 7.79. The third-order valence-electron chi connectivity index (χ3n) is 3.07. The monoisotopic (exact) mass is 227 g/mol. The van der Waals surface area contributed by atoms with Gasteiger partial charge in [-0.1, -0.05) is 0 Å². The second-order valence-corrected chi connectivity index (χ2v) is 4.39. The van der Waals surface area contributed by atoms with Crippen molar-refractivity contribution in [1.82, 2.24) is 9.97 Å². The van der Waals surface area contributed by atoms with E-state index < -0.39 is 0 Å². The van der Waals surface area contributed by atoms with Gasteiger partial charge in [-0.05, 0) is 36.2 Å². The predicted octanol–water partition coefficient (Wildman–Crippen LogP) is 1.66. The Bertz CT molecular complexity index is 521. The highest BCUT2D eigenvalue weighted by Gasteiger charge is 2.35. The SMILES string of the molecule is N[C@H]1C[C@@H]1c1cnc(-c2ccc(O)cc2)nc1. The van der Waals surface area contributed by atoms with Crippen LogP contribution in [0.3, 0.4) is 0 Å². The molecular weight excluding hydrogens is 214 g/mol. The van der Waals surface area contributed by atoms with Crippen molar-refractivity contribution < 1.29 is 5.11 Å². The fourth-order valence-corrected chi connectivity index (χ4v) is 1.89. The topological polar surface area (TPSA) is 72.0 Å². The van der Waals surface area contributed by atoms with Crippen molar-refractivity contribution in [2.75, 3.05) is 0 Å². The molecule has 1 aromatic heterocycles. The van der Waals surface area contributed by atoms with Crippen molar-refractivity contribution in [2.45, 2.75) is 18.4 Å². The van der Waals surface area contributed by atoms with Gasteiger partial charge in [-0.25, -0.2) is 9.97 Å². The van der Waals surface area contributed by atoms with E-state index in [9.17, 15) is 5.11 Å². The highest BCUT2D eigenvalue weighted by atomic mass is 16.3. The van der Waals surface area contributed by atoms with Gasteiger partial charge < -0.3 is 10.8 Å². The molecular formula is C13H13N3O. The molecule has 0 aliphatic heterocycles. The van der Waals surface area contributed by atoms with Crippen molar-refractivity contribution in [2.24, 2.45) is 5.73 Å². The highest BCUT2D eigenvalue weighted by molar-refractivity contribution is 5.55. The molecule has 0 unspecified atom stereocenters. The van der Waals surface area contributed by atoms with Gasteiger partial charge >= 0.3 is 0 Å². The molecule has 4 heteroatoms. The van der Waals surface area contributed by atoms with E-state index in [0.29, 0.717) is 11.7 Å². The molecule has 17 heavy (non-hydrogen) atoms. The summed E-state index contributed by atoms with van der Waals surface area (Å²) in [5.74, 6) is 1.35. The van der Waals surface area contributed by atoms with Gasteiger partial charge in [-0.2, -0.15) is 0 Å². The average molecular weight is 227 g/mol. The summed E-state index contributed by atoms with van der Waals surface area (Å²) in [6, 6.07) is 7.13. The first kappa shape index (κ1) is 10.2. The molecule has 2 aromatic rings. The van der Waals surface area contributed by atoms with Crippen molar-refractivity contribution in [3.63, 3.8) is 0 Å². The number of nitrogens with two attached hydrogens (primary N) is 1. The number of phenols is 1. The lowest BCUT2D eigenvalue weighted by Gasteiger charge is -2.02. The van der Waals surface area contributed by atoms with Gasteiger partial charge in [-0.15, -0.1) is 0 Å². The molecule has 3 rings (SSSR count). The van der Waals surface area contributed by atoms with E-state index in [-0.39, 0.29) is 11.8 Å². The lowest BCUT2D eigenvalue weighted by molar-refractivity contribution is 0.475. The number of benzene rings is 1. The number of aromatic nitrogens is 2. The molecule has 1 heterocycles. The summed E-state index contributed by atoms with van der Waals surface area (Å²) in [6.45, 7) is 0. The summed E-state index contributed by atoms with van der Waals surface area (Å²) in [5, 5.41) is 9.20. The van der Waals surface area contributed by atoms with Crippen LogP contribution in [-0.2, 0) is 0 Å². The van der Waals surface area contributed by atoms with Crippen LogP contribution >= 0.6 is 0 Å². The Balaban J connectivity index is 1.86. The Morgan fingerprint density at radius 2 is 1.71 bits per heavy atom. The third-order valence-corrected chi connectivity index (χ3v) is 3.07. The minimum absolute atomic E-state index is 0.245. The van der Waals surface area contributed by atoms with Crippen molar-refractivity contribution in [3.05, 3.63) is 42.2 Å². The Morgan fingerprint density at radius 1 is 1.12 bits per heavy atom. The van der Waals surface area contributed by atoms with E-state index >= 15 is 0 Å². The molecule has 3 N–H and O–H groups in total. The quantitative estimate of drug-likeness (QED) is 0.818. The zero-order chi connectivity index (χ0) is 11.8. The van der Waals surface area contributed by atoms with Crippen LogP contribution in [0.25, 0.3) is 11.4 Å². The largest absolute Gasteiger partial charge is 0.508 e. The van der Waals surface area contributed by atoms with Crippen LogP contribution in [0.4, 0.5) is 0 Å². The fourth-order valence-electron chi connectivity index (χ4n) is 1.89. The summed E-state index contributed by atoms with van der Waals surface area (Å²) < 4.78 is 0. The number of hydrogen-bond donors (Lipinski definition) is 2. The molecule has 2 atom stereocenters. The van der Waals surface area contributed by atoms with Gasteiger partial charge in [0.25, 0.3) is 0 Å². The van der Waals surface area contributed by atoms with Gasteiger partial charge in [0, 0.05) is 29.9 Å². The fraction of sp³-hybridized carbons (Fsp3) is 0.231. The number of aromatic hydroxyl groups is 1. The minimum atomic E-state index is 0.245. The molecule has 0 bridgehead atoms. The number of phenolic OH excluding ortho intramolecular Hbond substituents is 1. The second-order valence-electron chi connectivity index (χ2n) is 4.39. The molecule has 1 aromatic carbocycles. The summed E-state index contributed by atoms with van der Waals surface area (Å²) in [4.78, 5) is 8.65. The van der Waals surface area contributed by atoms with Gasteiger partial charge in [0.2, 0.25) is 0 Å². The smallest absolute Gasteiger partial charge is 0.159 e. The van der Waals surface area contributed by atoms with Crippen molar-refractivity contribution in [3.8, 4) is 17.1 Å². The number of hydrogen-bond acceptors (Lipinski definition) is 4. The van der Waals surface area contributed by atoms with E-state index in [2.05, 4.69) is 9.97 Å². The Morgan fingerprint density at radius 3 is 2.24 bits per heavy atom. The first-order chi connectivity index (χ1) is 8.24. The zero-order valence-electron chi connectivity index (χ0n) is 9.24. The number of nitrogens with zero attached hydrogens (tertiary/aromatic N) is 2. The van der Waals surface area contributed by atoms with Gasteiger partial charge in [0.15, 0.2) is 5.82 Å². The first-order valence-electron chi connectivity index (χ1n) is 5.61. The van der Waals surface area contributed by atoms with Crippen LogP contribution in [0, 0.1) is 0 Å². The average Bonchev–Trinajstić information content (AvgIpc) is 3.08. The van der Waals surface area contributed by atoms with Crippen LogP contribution < -0.4 is 5.73 Å². The summed E-state index contributed by atoms with van der Waals surface area (Å²) in [6.07, 6.45) is 4.71. The maximum atomic E-state index is 9.20. The molecule has 0 amide bonds. The van der Waals surface area contributed by atoms with E-state index in [1.807, 2.05) is 12.4 Å². The molecule has 0 spiro atoms. The van der Waals surface area contributed by atoms with Crippen LogP contribution in [0.1, 0.15) is 17.9 Å². The summed E-state index contributed by atoms with van der Waals surface area (Å²) >= 11 is 0. The lowest BCUT2D eigenvalue weighted by Crippen LogP contribution is -2.01. The van der Waals surface area contributed by atoms with Crippen LogP contribution in [0.2, 0.25) is 0 Å². The van der Waals surface area contributed by atoms with Crippen molar-refractivity contribution in [1.29, 1.82) is 0 Å². The second kappa shape index (κ2) is 3.82. The van der Waals surface area contributed by atoms with Crippen LogP contribution in [0.15, 0.2) is 36.7 Å². The molecule has 1 fully saturated rings. The molecule has 1 aliphatic carbocycles. The molecule has 1 saturated carbocycles. The predicted molar refractivity (Wildman–Crippen MR) is 64.5 cm³/mol. The van der Waals surface area contributed by atoms with Gasteiger partial charge in [-0.3, -0.25) is 0 Å². The normalized spacial score (nSPS) is 22.4. The first-order valence-corrected chi connectivity index (χ1v) is 5.61.